The van der Waals surface area contributed by atoms with Crippen LogP contribution in [0.25, 0.3) is 21.8 Å². The molecule has 0 radical (unpaired) electrons. The normalized spacial score (nSPS) is 11.0. The SMILES string of the molecule is NC(=O)n1c2ccccc2c2ccccc21. The van der Waals surface area contributed by atoms with Crippen molar-refractivity contribution in [3.8, 4) is 0 Å². The van der Waals surface area contributed by atoms with Gasteiger partial charge in [0.25, 0.3) is 0 Å². The van der Waals surface area contributed by atoms with Gasteiger partial charge in [-0.1, -0.05) is 36.4 Å². The lowest BCUT2D eigenvalue weighted by atomic mass is 10.2. The smallest absolute Gasteiger partial charge is 0.323 e. The van der Waals surface area contributed by atoms with Crippen molar-refractivity contribution >= 4 is 27.8 Å². The summed E-state index contributed by atoms with van der Waals surface area (Å²) in [5, 5.41) is 2.11. The van der Waals surface area contributed by atoms with E-state index in [4.69, 9.17) is 5.73 Å². The van der Waals surface area contributed by atoms with Gasteiger partial charge in [-0.25, -0.2) is 4.79 Å². The molecule has 78 valence electrons. The van der Waals surface area contributed by atoms with Crippen LogP contribution in [0.5, 0.6) is 0 Å². The Kier molecular flexibility index (Phi) is 1.74. The lowest BCUT2D eigenvalue weighted by Gasteiger charge is -1.99. The first-order chi connectivity index (χ1) is 7.79. The summed E-state index contributed by atoms with van der Waals surface area (Å²) in [6, 6.07) is 15.1. The van der Waals surface area contributed by atoms with Crippen LogP contribution < -0.4 is 5.73 Å². The van der Waals surface area contributed by atoms with Crippen LogP contribution in [0.1, 0.15) is 0 Å². The second-order valence-electron chi connectivity index (χ2n) is 3.71. The molecule has 0 fully saturated rings. The number of aromatic nitrogens is 1. The Hall–Kier alpha value is -2.29. The van der Waals surface area contributed by atoms with E-state index in [9.17, 15) is 4.79 Å². The summed E-state index contributed by atoms with van der Waals surface area (Å²) in [5.41, 5.74) is 7.13. The van der Waals surface area contributed by atoms with Gasteiger partial charge in [-0.3, -0.25) is 4.57 Å². The van der Waals surface area contributed by atoms with Crippen molar-refractivity contribution in [3.63, 3.8) is 0 Å². The number of hydrogen-bond donors (Lipinski definition) is 1. The van der Waals surface area contributed by atoms with Crippen LogP contribution in [0.2, 0.25) is 0 Å². The molecule has 0 saturated heterocycles. The number of nitrogens with two attached hydrogens (primary N) is 1. The van der Waals surface area contributed by atoms with Crippen LogP contribution >= 0.6 is 0 Å². The zero-order valence-corrected chi connectivity index (χ0v) is 8.55. The van der Waals surface area contributed by atoms with Gasteiger partial charge in [0, 0.05) is 10.8 Å². The van der Waals surface area contributed by atoms with Crippen LogP contribution in [0.15, 0.2) is 48.5 Å². The Morgan fingerprint density at radius 2 is 1.31 bits per heavy atom. The molecule has 2 N–H and O–H groups in total. The summed E-state index contributed by atoms with van der Waals surface area (Å²) >= 11 is 0. The van der Waals surface area contributed by atoms with Crippen molar-refractivity contribution in [2.75, 3.05) is 0 Å². The van der Waals surface area contributed by atoms with Crippen molar-refractivity contribution in [2.45, 2.75) is 0 Å². The van der Waals surface area contributed by atoms with Crippen molar-refractivity contribution in [3.05, 3.63) is 48.5 Å². The van der Waals surface area contributed by atoms with Gasteiger partial charge in [-0.05, 0) is 12.1 Å². The van der Waals surface area contributed by atoms with Gasteiger partial charge >= 0.3 is 6.03 Å². The first kappa shape index (κ1) is 8.97. The number of fused-ring (bicyclic) bond motifs is 3. The molecule has 0 spiro atoms. The standard InChI is InChI=1S/C13H10N2O/c14-13(16)15-11-7-3-1-5-9(11)10-6-2-4-8-12(10)15/h1-8H,(H2,14,16). The minimum absolute atomic E-state index is 0.447. The van der Waals surface area contributed by atoms with E-state index in [1.165, 1.54) is 0 Å². The first-order valence-corrected chi connectivity index (χ1v) is 5.07. The summed E-state index contributed by atoms with van der Waals surface area (Å²) in [6.07, 6.45) is 0. The van der Waals surface area contributed by atoms with E-state index in [0.29, 0.717) is 0 Å². The molecule has 16 heavy (non-hydrogen) atoms. The molecule has 0 saturated carbocycles. The molecule has 0 aliphatic carbocycles. The topological polar surface area (TPSA) is 48.0 Å². The van der Waals surface area contributed by atoms with Gasteiger partial charge in [0.15, 0.2) is 0 Å². The lowest BCUT2D eigenvalue weighted by Crippen LogP contribution is -2.18. The van der Waals surface area contributed by atoms with E-state index in [1.54, 1.807) is 4.57 Å². The first-order valence-electron chi connectivity index (χ1n) is 5.07. The van der Waals surface area contributed by atoms with E-state index in [1.807, 2.05) is 48.5 Å². The van der Waals surface area contributed by atoms with Crippen molar-refractivity contribution in [1.29, 1.82) is 0 Å². The van der Waals surface area contributed by atoms with Crippen molar-refractivity contribution in [1.82, 2.24) is 4.57 Å². The average Bonchev–Trinajstić information content (AvgIpc) is 2.63. The van der Waals surface area contributed by atoms with Gasteiger partial charge in [-0.15, -0.1) is 0 Å². The van der Waals surface area contributed by atoms with Gasteiger partial charge < -0.3 is 5.73 Å². The quantitative estimate of drug-likeness (QED) is 0.609. The van der Waals surface area contributed by atoms with E-state index in [-0.39, 0.29) is 0 Å². The Labute approximate surface area is 92.1 Å². The Bertz CT molecular complexity index is 644. The van der Waals surface area contributed by atoms with Crippen LogP contribution in [-0.2, 0) is 0 Å². The fourth-order valence-electron chi connectivity index (χ4n) is 2.16. The van der Waals surface area contributed by atoms with Crippen molar-refractivity contribution < 1.29 is 4.79 Å². The van der Waals surface area contributed by atoms with E-state index in [2.05, 4.69) is 0 Å². The fraction of sp³-hybridized carbons (Fsp3) is 0. The maximum atomic E-state index is 11.5. The highest BCUT2D eigenvalue weighted by atomic mass is 16.2. The summed E-state index contributed by atoms with van der Waals surface area (Å²) in [7, 11) is 0. The number of nitrogens with zero attached hydrogens (tertiary/aromatic N) is 1. The largest absolute Gasteiger partial charge is 0.351 e. The average molecular weight is 210 g/mol. The Morgan fingerprint density at radius 3 is 1.75 bits per heavy atom. The van der Waals surface area contributed by atoms with Gasteiger partial charge in [0.2, 0.25) is 0 Å². The molecule has 3 heteroatoms. The third-order valence-corrected chi connectivity index (χ3v) is 2.80. The molecule has 1 amide bonds. The number of amides is 1. The highest BCUT2D eigenvalue weighted by Crippen LogP contribution is 2.27. The van der Waals surface area contributed by atoms with Gasteiger partial charge in [0.05, 0.1) is 11.0 Å². The summed E-state index contributed by atoms with van der Waals surface area (Å²) in [4.78, 5) is 11.5. The number of carbonyl (C=O) groups excluding carboxylic acids is 1. The van der Waals surface area contributed by atoms with Crippen LogP contribution in [0, 0.1) is 0 Å². The third-order valence-electron chi connectivity index (χ3n) is 2.80. The number of para-hydroxylation sites is 2. The van der Waals surface area contributed by atoms with Crippen molar-refractivity contribution in [2.24, 2.45) is 5.73 Å². The summed E-state index contributed by atoms with van der Waals surface area (Å²) < 4.78 is 1.55. The molecule has 0 unspecified atom stereocenters. The van der Waals surface area contributed by atoms with E-state index < -0.39 is 6.03 Å². The maximum absolute atomic E-state index is 11.5. The van der Waals surface area contributed by atoms with Crippen LogP contribution in [0.3, 0.4) is 0 Å². The molecule has 1 heterocycles. The Morgan fingerprint density at radius 1 is 0.875 bits per heavy atom. The molecule has 0 aliphatic rings. The lowest BCUT2D eigenvalue weighted by molar-refractivity contribution is 0.252. The molecule has 3 aromatic rings. The second-order valence-corrected chi connectivity index (χ2v) is 3.71. The van der Waals surface area contributed by atoms with Crippen LogP contribution in [0.4, 0.5) is 4.79 Å². The zero-order valence-electron chi connectivity index (χ0n) is 8.55. The number of rotatable bonds is 0. The van der Waals surface area contributed by atoms with Crippen LogP contribution in [-0.4, -0.2) is 10.6 Å². The molecule has 3 nitrogen and oxygen atoms in total. The van der Waals surface area contributed by atoms with Gasteiger partial charge in [0.1, 0.15) is 0 Å². The number of primary amides is 1. The minimum Gasteiger partial charge on any atom is -0.351 e. The van der Waals surface area contributed by atoms with Gasteiger partial charge in [-0.2, -0.15) is 0 Å². The number of benzene rings is 2. The highest BCUT2D eigenvalue weighted by Gasteiger charge is 2.11. The number of carbonyl (C=O) groups is 1. The molecule has 0 aliphatic heterocycles. The number of hydrogen-bond acceptors (Lipinski definition) is 1. The zero-order chi connectivity index (χ0) is 11.1. The summed E-state index contributed by atoms with van der Waals surface area (Å²) in [5.74, 6) is 0. The molecular formula is C13H10N2O. The fourth-order valence-corrected chi connectivity index (χ4v) is 2.16. The molecule has 1 aromatic heterocycles. The Balaban J connectivity index is 2.64. The highest BCUT2D eigenvalue weighted by molar-refractivity contribution is 6.12. The summed E-state index contributed by atoms with van der Waals surface area (Å²) in [6.45, 7) is 0. The monoisotopic (exact) mass is 210 g/mol. The minimum atomic E-state index is -0.447. The molecule has 3 rings (SSSR count). The third kappa shape index (κ3) is 1.05. The molecule has 0 bridgehead atoms. The predicted molar refractivity (Wildman–Crippen MR) is 64.4 cm³/mol. The van der Waals surface area contributed by atoms with E-state index in [0.717, 1.165) is 21.8 Å². The van der Waals surface area contributed by atoms with E-state index >= 15 is 0 Å². The molecular weight excluding hydrogens is 200 g/mol. The molecule has 2 aromatic carbocycles. The maximum Gasteiger partial charge on any atom is 0.323 e. The second kappa shape index (κ2) is 3.10. The molecule has 0 atom stereocenters. The predicted octanol–water partition coefficient (Wildman–Crippen LogP) is 2.72.